The summed E-state index contributed by atoms with van der Waals surface area (Å²) >= 11 is 0. The van der Waals surface area contributed by atoms with E-state index in [0.717, 1.165) is 6.07 Å². The number of aldehydes is 1. The summed E-state index contributed by atoms with van der Waals surface area (Å²) in [6, 6.07) is 3.92. The average molecular weight is 424 g/mol. The van der Waals surface area contributed by atoms with Gasteiger partial charge in [0.1, 0.15) is 5.82 Å². The molecule has 0 aliphatic carbocycles. The molecule has 154 valence electrons. The van der Waals surface area contributed by atoms with E-state index in [2.05, 4.69) is 0 Å². The highest BCUT2D eigenvalue weighted by molar-refractivity contribution is 7.72. The van der Waals surface area contributed by atoms with Crippen LogP contribution in [0.3, 0.4) is 0 Å². The number of carbonyl (C=O) groups is 1. The molecular formula is C17H27FO7P2. The summed E-state index contributed by atoms with van der Waals surface area (Å²) in [6.07, 6.45) is 0.262. The fourth-order valence-corrected chi connectivity index (χ4v) is 7.87. The van der Waals surface area contributed by atoms with Crippen molar-refractivity contribution in [3.8, 4) is 0 Å². The lowest BCUT2D eigenvalue weighted by Gasteiger charge is -2.31. The minimum atomic E-state index is -3.91. The van der Waals surface area contributed by atoms with E-state index in [1.807, 2.05) is 0 Å². The van der Waals surface area contributed by atoms with Crippen LogP contribution >= 0.6 is 15.2 Å². The molecule has 27 heavy (non-hydrogen) atoms. The van der Waals surface area contributed by atoms with E-state index in [1.54, 1.807) is 27.7 Å². The zero-order valence-electron chi connectivity index (χ0n) is 16.1. The Balaban J connectivity index is 3.43. The lowest BCUT2D eigenvalue weighted by Crippen LogP contribution is -2.20. The number of halogens is 1. The molecule has 0 aliphatic heterocycles. The lowest BCUT2D eigenvalue weighted by molar-refractivity contribution is 0.111. The summed E-state index contributed by atoms with van der Waals surface area (Å²) in [5.41, 5.74) is 0.258. The van der Waals surface area contributed by atoms with Gasteiger partial charge in [-0.2, -0.15) is 0 Å². The second-order valence-corrected chi connectivity index (χ2v) is 10.3. The normalized spacial score (nSPS) is 12.5. The maximum atomic E-state index is 14.0. The van der Waals surface area contributed by atoms with Gasteiger partial charge in [-0.1, -0.05) is 6.07 Å². The number of carbonyl (C=O) groups excluding carboxylic acids is 1. The summed E-state index contributed by atoms with van der Waals surface area (Å²) in [5, 5.41) is -1.27. The maximum absolute atomic E-state index is 14.0. The Kier molecular flexibility index (Phi) is 10.0. The van der Waals surface area contributed by atoms with Crippen LogP contribution in [0.2, 0.25) is 0 Å². The maximum Gasteiger partial charge on any atom is 0.346 e. The highest BCUT2D eigenvalue weighted by Crippen LogP contribution is 2.71. The van der Waals surface area contributed by atoms with Gasteiger partial charge in [-0.3, -0.25) is 13.9 Å². The van der Waals surface area contributed by atoms with Gasteiger partial charge >= 0.3 is 15.2 Å². The molecule has 1 rings (SSSR count). The third-order valence-electron chi connectivity index (χ3n) is 3.58. The standard InChI is InChI=1S/C17H27FO7P2/c1-5-22-26(20,23-6-2)17(27(21,24-7-3)25-8-4)12-14-9-10-15(13-19)16(18)11-14/h9-11,13,17H,5-8,12H2,1-4H3. The molecule has 0 fully saturated rings. The molecule has 0 unspecified atom stereocenters. The Morgan fingerprint density at radius 1 is 0.926 bits per heavy atom. The molecule has 0 N–H and O–H groups in total. The Morgan fingerprint density at radius 3 is 1.70 bits per heavy atom. The molecule has 10 heteroatoms. The monoisotopic (exact) mass is 424 g/mol. The number of benzene rings is 1. The first-order valence-electron chi connectivity index (χ1n) is 8.81. The van der Waals surface area contributed by atoms with E-state index in [1.165, 1.54) is 12.1 Å². The minimum Gasteiger partial charge on any atom is -0.308 e. The van der Waals surface area contributed by atoms with E-state index in [0.29, 0.717) is 11.8 Å². The van der Waals surface area contributed by atoms with Gasteiger partial charge in [0, 0.05) is 0 Å². The highest BCUT2D eigenvalue weighted by Gasteiger charge is 2.50. The molecule has 0 amide bonds. The van der Waals surface area contributed by atoms with Crippen LogP contribution in [0.15, 0.2) is 18.2 Å². The fraction of sp³-hybridized carbons (Fsp3) is 0.588. The van der Waals surface area contributed by atoms with Gasteiger partial charge in [0.25, 0.3) is 0 Å². The predicted molar refractivity (Wildman–Crippen MR) is 101 cm³/mol. The van der Waals surface area contributed by atoms with E-state index in [9.17, 15) is 18.3 Å². The number of hydrogen-bond donors (Lipinski definition) is 0. The molecule has 0 heterocycles. The van der Waals surface area contributed by atoms with Crippen LogP contribution in [0.4, 0.5) is 4.39 Å². The summed E-state index contributed by atoms with van der Waals surface area (Å²) in [7, 11) is -7.83. The highest BCUT2D eigenvalue weighted by atomic mass is 31.2. The quantitative estimate of drug-likeness (QED) is 0.324. The van der Waals surface area contributed by atoms with Crippen LogP contribution in [-0.2, 0) is 33.6 Å². The van der Waals surface area contributed by atoms with Crippen LogP contribution in [0.25, 0.3) is 0 Å². The SMILES string of the molecule is CCOP(=O)(OCC)C(Cc1ccc(C=O)c(F)c1)P(=O)(OCC)OCC. The molecule has 0 atom stereocenters. The fourth-order valence-electron chi connectivity index (χ4n) is 2.54. The van der Waals surface area contributed by atoms with Crippen molar-refractivity contribution in [1.82, 2.24) is 0 Å². The molecule has 0 bridgehead atoms. The van der Waals surface area contributed by atoms with Crippen molar-refractivity contribution in [1.29, 1.82) is 0 Å². The summed E-state index contributed by atoms with van der Waals surface area (Å²) in [5.74, 6) is -0.730. The van der Waals surface area contributed by atoms with E-state index in [4.69, 9.17) is 18.1 Å². The molecule has 1 aromatic rings. The average Bonchev–Trinajstić information content (AvgIpc) is 2.60. The molecule has 0 spiro atoms. The number of rotatable bonds is 13. The predicted octanol–water partition coefficient (Wildman–Crippen LogP) is 5.04. The molecule has 0 aromatic heterocycles. The molecule has 1 aromatic carbocycles. The van der Waals surface area contributed by atoms with Crippen molar-refractivity contribution in [2.24, 2.45) is 0 Å². The van der Waals surface area contributed by atoms with Crippen LogP contribution in [0.1, 0.15) is 43.6 Å². The van der Waals surface area contributed by atoms with Gasteiger partial charge in [-0.25, -0.2) is 4.39 Å². The molecule has 7 nitrogen and oxygen atoms in total. The third kappa shape index (κ3) is 6.31. The van der Waals surface area contributed by atoms with Crippen molar-refractivity contribution in [3.05, 3.63) is 35.1 Å². The second kappa shape index (κ2) is 11.2. The Labute approximate surface area is 159 Å². The molecule has 0 radical (unpaired) electrons. The van der Waals surface area contributed by atoms with Crippen LogP contribution in [0, 0.1) is 5.82 Å². The van der Waals surface area contributed by atoms with Gasteiger partial charge in [0.2, 0.25) is 0 Å². The Morgan fingerprint density at radius 2 is 1.37 bits per heavy atom. The summed E-state index contributed by atoms with van der Waals surface area (Å²) in [4.78, 5) is 10.8. The lowest BCUT2D eigenvalue weighted by atomic mass is 10.1. The molecule has 0 saturated carbocycles. The van der Waals surface area contributed by atoms with E-state index >= 15 is 0 Å². The Hall–Kier alpha value is -0.880. The number of hydrogen-bond acceptors (Lipinski definition) is 7. The third-order valence-corrected chi connectivity index (χ3v) is 9.57. The van der Waals surface area contributed by atoms with Gasteiger partial charge in [0.05, 0.1) is 32.0 Å². The van der Waals surface area contributed by atoms with Crippen LogP contribution < -0.4 is 0 Å². The van der Waals surface area contributed by atoms with Crippen molar-refractivity contribution >= 4 is 21.5 Å². The van der Waals surface area contributed by atoms with Crippen LogP contribution in [-0.4, -0.2) is 38.1 Å². The van der Waals surface area contributed by atoms with Gasteiger partial charge < -0.3 is 18.1 Å². The molecule has 0 saturated heterocycles. The summed E-state index contributed by atoms with van der Waals surface area (Å²) in [6.45, 7) is 6.77. The minimum absolute atomic E-state index is 0.0600. The van der Waals surface area contributed by atoms with Crippen molar-refractivity contribution in [3.63, 3.8) is 0 Å². The smallest absolute Gasteiger partial charge is 0.308 e. The van der Waals surface area contributed by atoms with Gasteiger partial charge in [0.15, 0.2) is 11.7 Å². The van der Waals surface area contributed by atoms with E-state index < -0.39 is 26.4 Å². The first-order valence-corrected chi connectivity index (χ1v) is 12.0. The topological polar surface area (TPSA) is 88.1 Å². The van der Waals surface area contributed by atoms with E-state index in [-0.39, 0.29) is 38.4 Å². The zero-order chi connectivity index (χ0) is 20.5. The van der Waals surface area contributed by atoms with Crippen molar-refractivity contribution in [2.45, 2.75) is 39.5 Å². The zero-order valence-corrected chi connectivity index (χ0v) is 17.8. The largest absolute Gasteiger partial charge is 0.346 e. The molecular weight excluding hydrogens is 397 g/mol. The second-order valence-electron chi connectivity index (χ2n) is 5.41. The van der Waals surface area contributed by atoms with Crippen molar-refractivity contribution in [2.75, 3.05) is 26.4 Å². The van der Waals surface area contributed by atoms with Gasteiger partial charge in [-0.05, 0) is 51.8 Å². The summed E-state index contributed by atoms with van der Waals surface area (Å²) < 4.78 is 62.3. The van der Waals surface area contributed by atoms with Gasteiger partial charge in [-0.15, -0.1) is 0 Å². The Bertz CT molecular complexity index is 661. The van der Waals surface area contributed by atoms with Crippen LogP contribution in [0.5, 0.6) is 0 Å². The first kappa shape index (κ1) is 24.2. The first-order chi connectivity index (χ1) is 12.8. The molecule has 0 aliphatic rings. The van der Waals surface area contributed by atoms with Crippen molar-refractivity contribution < 1.29 is 36.4 Å².